The summed E-state index contributed by atoms with van der Waals surface area (Å²) in [4.78, 5) is 0.0370. The summed E-state index contributed by atoms with van der Waals surface area (Å²) >= 11 is 0.597. The molecule has 0 aliphatic rings. The number of hydrogen-bond acceptors (Lipinski definition) is 8. The molecule has 0 spiro atoms. The Morgan fingerprint density at radius 3 is 2.39 bits per heavy atom. The average molecular weight is 311 g/mol. The largest absolute Gasteiger partial charge is 1.00 e. The molecule has 1 rings (SSSR count). The van der Waals surface area contributed by atoms with Crippen molar-refractivity contribution in [2.75, 3.05) is 12.4 Å². The third-order valence-corrected chi connectivity index (χ3v) is 3.15. The van der Waals surface area contributed by atoms with E-state index in [0.29, 0.717) is 22.6 Å². The van der Waals surface area contributed by atoms with Crippen molar-refractivity contribution in [1.29, 1.82) is 0 Å². The van der Waals surface area contributed by atoms with Crippen LogP contribution in [0.1, 0.15) is 0 Å². The number of hydrogen-bond donors (Lipinski definition) is 1. The molecule has 1 N–H and O–H groups in total. The fourth-order valence-electron chi connectivity index (χ4n) is 0.983. The predicted molar refractivity (Wildman–Crippen MR) is 52.0 cm³/mol. The summed E-state index contributed by atoms with van der Waals surface area (Å²) in [6, 6.07) is 3.57. The molecule has 90 valence electrons. The summed E-state index contributed by atoms with van der Waals surface area (Å²) in [5.41, 5.74) is 0.332. The van der Waals surface area contributed by atoms with Crippen LogP contribution in [-0.4, -0.2) is 20.0 Å². The second kappa shape index (κ2) is 9.97. The van der Waals surface area contributed by atoms with E-state index in [2.05, 4.69) is 14.7 Å². The maximum atomic E-state index is 10.7. The zero-order valence-corrected chi connectivity index (χ0v) is 15.6. The van der Waals surface area contributed by atoms with Crippen molar-refractivity contribution in [3.63, 3.8) is 0 Å². The standard InChI is InChI=1S/C7H9NO6S2.2Na/c1-8-6-4-5(16(10,11)12)2-3-7(6)15-14-13-9;;/h2-4,8-9H,1H3,(H,10,11,12);;/q;2*+1/p-2. The summed E-state index contributed by atoms with van der Waals surface area (Å²) < 4.78 is 36.3. The minimum Gasteiger partial charge on any atom is -0.744 e. The number of benzene rings is 1. The van der Waals surface area contributed by atoms with Gasteiger partial charge < -0.3 is 15.1 Å². The first kappa shape index (κ1) is 21.5. The van der Waals surface area contributed by atoms with Gasteiger partial charge in [0.15, 0.2) is 0 Å². The van der Waals surface area contributed by atoms with Crippen molar-refractivity contribution in [2.45, 2.75) is 9.79 Å². The summed E-state index contributed by atoms with van der Waals surface area (Å²) in [6.45, 7) is 0. The van der Waals surface area contributed by atoms with Gasteiger partial charge in [0.2, 0.25) is 0 Å². The van der Waals surface area contributed by atoms with Gasteiger partial charge in [-0.25, -0.2) is 8.42 Å². The molecular weight excluding hydrogens is 304 g/mol. The van der Waals surface area contributed by atoms with Gasteiger partial charge in [0.1, 0.15) is 10.1 Å². The maximum absolute atomic E-state index is 10.7. The van der Waals surface area contributed by atoms with Crippen LogP contribution < -0.4 is 69.7 Å². The van der Waals surface area contributed by atoms with Crippen LogP contribution in [0, 0.1) is 0 Å². The zero-order valence-electron chi connectivity index (χ0n) is 10.00. The van der Waals surface area contributed by atoms with Crippen LogP contribution in [-0.2, 0) is 19.5 Å². The van der Waals surface area contributed by atoms with Crippen molar-refractivity contribution >= 4 is 27.8 Å². The average Bonchev–Trinajstić information content (AvgIpc) is 2.24. The van der Waals surface area contributed by atoms with E-state index in [0.717, 1.165) is 12.1 Å². The summed E-state index contributed by atoms with van der Waals surface area (Å²) in [6.07, 6.45) is 0. The molecule has 0 bridgehead atoms. The molecule has 0 aliphatic carbocycles. The topological polar surface area (TPSA) is 111 Å². The van der Waals surface area contributed by atoms with E-state index in [1.807, 2.05) is 0 Å². The van der Waals surface area contributed by atoms with E-state index in [9.17, 15) is 18.2 Å². The Bertz CT molecular complexity index is 469. The maximum Gasteiger partial charge on any atom is 1.00 e. The first-order valence-electron chi connectivity index (χ1n) is 3.90. The molecule has 0 saturated carbocycles. The molecule has 0 amide bonds. The zero-order chi connectivity index (χ0) is 12.2. The Hall–Kier alpha value is 1.16. The molecule has 1 aromatic carbocycles. The fraction of sp³-hybridized carbons (Fsp3) is 0.143. The van der Waals surface area contributed by atoms with Crippen molar-refractivity contribution in [2.24, 2.45) is 0 Å². The van der Waals surface area contributed by atoms with Gasteiger partial charge in [-0.05, 0) is 18.2 Å². The molecule has 0 saturated heterocycles. The molecule has 0 atom stereocenters. The van der Waals surface area contributed by atoms with Crippen LogP contribution in [0.15, 0.2) is 28.0 Å². The van der Waals surface area contributed by atoms with E-state index < -0.39 is 10.1 Å². The molecule has 11 heteroatoms. The van der Waals surface area contributed by atoms with Gasteiger partial charge in [-0.1, -0.05) is 0 Å². The number of anilines is 1. The third kappa shape index (κ3) is 6.55. The quantitative estimate of drug-likeness (QED) is 0.188. The van der Waals surface area contributed by atoms with Crippen molar-refractivity contribution in [3.05, 3.63) is 18.2 Å². The van der Waals surface area contributed by atoms with Gasteiger partial charge in [-0.2, -0.15) is 4.33 Å². The van der Waals surface area contributed by atoms with Crippen LogP contribution in [0.2, 0.25) is 0 Å². The monoisotopic (exact) mass is 311 g/mol. The van der Waals surface area contributed by atoms with Crippen molar-refractivity contribution < 1.29 is 86.7 Å². The smallest absolute Gasteiger partial charge is 0.744 e. The second-order valence-electron chi connectivity index (χ2n) is 2.58. The summed E-state index contributed by atoms with van der Waals surface area (Å²) in [5, 5.41) is 15.4. The fourth-order valence-corrected chi connectivity index (χ4v) is 1.96. The number of nitrogens with one attached hydrogen (secondary N) is 1. The molecule has 7 nitrogen and oxygen atoms in total. The molecule has 0 unspecified atom stereocenters. The Balaban J connectivity index is 0. The van der Waals surface area contributed by atoms with Crippen molar-refractivity contribution in [3.8, 4) is 0 Å². The molecule has 0 aliphatic heterocycles. The van der Waals surface area contributed by atoms with E-state index in [4.69, 9.17) is 0 Å². The molecule has 18 heavy (non-hydrogen) atoms. The van der Waals surface area contributed by atoms with E-state index in [1.54, 1.807) is 0 Å². The van der Waals surface area contributed by atoms with Gasteiger partial charge in [0.05, 0.1) is 27.5 Å². The first-order valence-corrected chi connectivity index (χ1v) is 6.05. The van der Waals surface area contributed by atoms with Crippen LogP contribution >= 0.6 is 12.0 Å². The van der Waals surface area contributed by atoms with Crippen LogP contribution in [0.3, 0.4) is 0 Å². The molecular formula is C7H7NNa2O6S2. The number of rotatable bonds is 5. The summed E-state index contributed by atoms with van der Waals surface area (Å²) in [7, 11) is -2.98. The molecule has 0 fully saturated rings. The van der Waals surface area contributed by atoms with Crippen LogP contribution in [0.5, 0.6) is 0 Å². The normalized spacial score (nSPS) is 10.2. The molecule has 1 aromatic rings. The first-order chi connectivity index (χ1) is 7.49. The molecule has 0 heterocycles. The Kier molecular flexibility index (Phi) is 11.9. The van der Waals surface area contributed by atoms with Gasteiger partial charge >= 0.3 is 59.1 Å². The Morgan fingerprint density at radius 1 is 1.33 bits per heavy atom. The van der Waals surface area contributed by atoms with Gasteiger partial charge in [-0.3, -0.25) is 5.04 Å². The van der Waals surface area contributed by atoms with Gasteiger partial charge in [0, 0.05) is 7.05 Å². The molecule has 0 radical (unpaired) electrons. The minimum atomic E-state index is -4.51. The van der Waals surface area contributed by atoms with Gasteiger partial charge in [0.25, 0.3) is 0 Å². The van der Waals surface area contributed by atoms with E-state index >= 15 is 0 Å². The van der Waals surface area contributed by atoms with Crippen LogP contribution in [0.25, 0.3) is 0 Å². The third-order valence-electron chi connectivity index (χ3n) is 1.66. The minimum absolute atomic E-state index is 0. The van der Waals surface area contributed by atoms with Crippen molar-refractivity contribution in [1.82, 2.24) is 0 Å². The van der Waals surface area contributed by atoms with E-state index in [1.165, 1.54) is 13.1 Å². The Morgan fingerprint density at radius 2 is 1.94 bits per heavy atom. The van der Waals surface area contributed by atoms with Gasteiger partial charge in [-0.15, -0.1) is 0 Å². The van der Waals surface area contributed by atoms with Crippen LogP contribution in [0.4, 0.5) is 5.69 Å². The Labute approximate surface area is 153 Å². The SMILES string of the molecule is CNc1cc(S(=O)(=O)[O-])ccc1SOO[O-].[Na+].[Na+]. The second-order valence-corrected chi connectivity index (χ2v) is 4.70. The summed E-state index contributed by atoms with van der Waals surface area (Å²) in [5.74, 6) is 0. The predicted octanol–water partition coefficient (Wildman–Crippen LogP) is -6.13. The van der Waals surface area contributed by atoms with E-state index in [-0.39, 0.29) is 64.0 Å². The molecule has 0 aromatic heterocycles.